The summed E-state index contributed by atoms with van der Waals surface area (Å²) in [7, 11) is 0. The lowest BCUT2D eigenvalue weighted by molar-refractivity contribution is 0.173. The van der Waals surface area contributed by atoms with Gasteiger partial charge in [0.25, 0.3) is 0 Å². The van der Waals surface area contributed by atoms with Crippen LogP contribution < -0.4 is 5.32 Å². The van der Waals surface area contributed by atoms with Crippen LogP contribution in [0.25, 0.3) is 0 Å². The molecular weight excluding hydrogens is 250 g/mol. The first-order valence-electron chi connectivity index (χ1n) is 7.76. The number of rotatable bonds is 5. The molecule has 2 aliphatic heterocycles. The van der Waals surface area contributed by atoms with Crippen LogP contribution >= 0.6 is 0 Å². The van der Waals surface area contributed by atoms with Gasteiger partial charge in [-0.1, -0.05) is 0 Å². The molecule has 0 amide bonds. The summed E-state index contributed by atoms with van der Waals surface area (Å²) in [6, 6.07) is 4.15. The maximum Gasteiger partial charge on any atom is 0.126 e. The van der Waals surface area contributed by atoms with Crippen molar-refractivity contribution < 1.29 is 4.74 Å². The molecule has 0 spiro atoms. The van der Waals surface area contributed by atoms with Crippen LogP contribution in [0.2, 0.25) is 0 Å². The second kappa shape index (κ2) is 6.55. The topological polar surface area (TPSA) is 37.4 Å². The number of hydrogen-bond donors (Lipinski definition) is 1. The van der Waals surface area contributed by atoms with E-state index in [1.165, 1.54) is 38.0 Å². The molecule has 0 bridgehead atoms. The van der Waals surface area contributed by atoms with Gasteiger partial charge in [-0.15, -0.1) is 0 Å². The number of likely N-dealkylation sites (tertiary alicyclic amines) is 1. The molecule has 2 atom stereocenters. The first-order valence-corrected chi connectivity index (χ1v) is 7.76. The Labute approximate surface area is 121 Å². The Morgan fingerprint density at radius 3 is 3.15 bits per heavy atom. The van der Waals surface area contributed by atoms with Crippen molar-refractivity contribution in [2.45, 2.75) is 19.8 Å². The minimum atomic E-state index is 0.750. The zero-order valence-corrected chi connectivity index (χ0v) is 12.3. The van der Waals surface area contributed by atoms with E-state index in [2.05, 4.69) is 28.2 Å². The molecule has 2 aliphatic rings. The van der Waals surface area contributed by atoms with E-state index in [0.717, 1.165) is 37.4 Å². The Balaban J connectivity index is 1.41. The van der Waals surface area contributed by atoms with Gasteiger partial charge in [0.1, 0.15) is 5.82 Å². The average molecular weight is 275 g/mol. The van der Waals surface area contributed by atoms with Crippen molar-refractivity contribution in [3.63, 3.8) is 0 Å². The van der Waals surface area contributed by atoms with Gasteiger partial charge in [-0.2, -0.15) is 0 Å². The molecule has 0 unspecified atom stereocenters. The quantitative estimate of drug-likeness (QED) is 0.893. The summed E-state index contributed by atoms with van der Waals surface area (Å²) in [5.74, 6) is 2.52. The van der Waals surface area contributed by atoms with Crippen molar-refractivity contribution in [2.75, 3.05) is 44.7 Å². The van der Waals surface area contributed by atoms with E-state index in [9.17, 15) is 0 Å². The number of nitrogens with one attached hydrogen (secondary N) is 1. The third-order valence-corrected chi connectivity index (χ3v) is 4.40. The lowest BCUT2D eigenvalue weighted by atomic mass is 10.1. The number of aromatic nitrogens is 1. The van der Waals surface area contributed by atoms with E-state index in [1.807, 2.05) is 12.3 Å². The van der Waals surface area contributed by atoms with Crippen molar-refractivity contribution in [1.29, 1.82) is 0 Å². The van der Waals surface area contributed by atoms with E-state index in [4.69, 9.17) is 4.74 Å². The molecule has 2 fully saturated rings. The van der Waals surface area contributed by atoms with Crippen LogP contribution in [0.1, 0.15) is 18.4 Å². The van der Waals surface area contributed by atoms with Crippen LogP contribution in [-0.2, 0) is 4.74 Å². The van der Waals surface area contributed by atoms with Crippen LogP contribution in [0.3, 0.4) is 0 Å². The largest absolute Gasteiger partial charge is 0.381 e. The van der Waals surface area contributed by atoms with Crippen molar-refractivity contribution in [2.24, 2.45) is 11.8 Å². The Bertz CT molecular complexity index is 431. The van der Waals surface area contributed by atoms with Crippen LogP contribution in [0.4, 0.5) is 5.82 Å². The summed E-state index contributed by atoms with van der Waals surface area (Å²) in [6.45, 7) is 8.75. The Morgan fingerprint density at radius 2 is 2.35 bits per heavy atom. The van der Waals surface area contributed by atoms with Gasteiger partial charge < -0.3 is 15.0 Å². The molecule has 0 aromatic carbocycles. The molecule has 3 rings (SSSR count). The highest BCUT2D eigenvalue weighted by Crippen LogP contribution is 2.21. The van der Waals surface area contributed by atoms with E-state index >= 15 is 0 Å². The number of hydrogen-bond acceptors (Lipinski definition) is 4. The summed E-state index contributed by atoms with van der Waals surface area (Å²) >= 11 is 0. The van der Waals surface area contributed by atoms with Crippen molar-refractivity contribution >= 4 is 5.82 Å². The van der Waals surface area contributed by atoms with Crippen molar-refractivity contribution in [1.82, 2.24) is 9.88 Å². The van der Waals surface area contributed by atoms with Crippen LogP contribution in [0.5, 0.6) is 0 Å². The first kappa shape index (κ1) is 13.8. The second-order valence-electron chi connectivity index (χ2n) is 6.24. The van der Waals surface area contributed by atoms with Gasteiger partial charge >= 0.3 is 0 Å². The molecule has 3 heterocycles. The zero-order chi connectivity index (χ0) is 13.8. The summed E-state index contributed by atoms with van der Waals surface area (Å²) in [5.41, 5.74) is 1.26. The third kappa shape index (κ3) is 3.70. The van der Waals surface area contributed by atoms with Gasteiger partial charge in [0.2, 0.25) is 0 Å². The number of pyridine rings is 1. The van der Waals surface area contributed by atoms with E-state index in [0.29, 0.717) is 0 Å². The SMILES string of the molecule is Cc1ccnc(NC[C@H]2CCN(C[C@@H]3CCOC3)C2)c1. The van der Waals surface area contributed by atoms with Crippen LogP contribution in [-0.4, -0.2) is 49.3 Å². The molecule has 1 aromatic rings. The molecule has 0 radical (unpaired) electrons. The zero-order valence-electron chi connectivity index (χ0n) is 12.3. The number of anilines is 1. The molecule has 110 valence electrons. The van der Waals surface area contributed by atoms with Gasteiger partial charge in [0.15, 0.2) is 0 Å². The highest BCUT2D eigenvalue weighted by atomic mass is 16.5. The minimum Gasteiger partial charge on any atom is -0.381 e. The van der Waals surface area contributed by atoms with E-state index in [1.54, 1.807) is 0 Å². The minimum absolute atomic E-state index is 0.750. The van der Waals surface area contributed by atoms with Gasteiger partial charge in [0, 0.05) is 32.4 Å². The molecule has 1 aromatic heterocycles. The van der Waals surface area contributed by atoms with Crippen molar-refractivity contribution in [3.05, 3.63) is 23.9 Å². The van der Waals surface area contributed by atoms with Gasteiger partial charge in [-0.05, 0) is 55.8 Å². The number of aryl methyl sites for hydroxylation is 1. The molecule has 4 heteroatoms. The molecule has 0 saturated carbocycles. The fourth-order valence-electron chi connectivity index (χ4n) is 3.22. The van der Waals surface area contributed by atoms with E-state index < -0.39 is 0 Å². The predicted octanol–water partition coefficient (Wildman–Crippen LogP) is 2.16. The maximum atomic E-state index is 5.46. The average Bonchev–Trinajstić information content (AvgIpc) is 3.09. The molecule has 1 N–H and O–H groups in total. The van der Waals surface area contributed by atoms with Crippen LogP contribution in [0.15, 0.2) is 18.3 Å². The summed E-state index contributed by atoms with van der Waals surface area (Å²) in [4.78, 5) is 6.97. The lowest BCUT2D eigenvalue weighted by Gasteiger charge is -2.19. The van der Waals surface area contributed by atoms with Crippen LogP contribution in [0, 0.1) is 18.8 Å². The fraction of sp³-hybridized carbons (Fsp3) is 0.688. The predicted molar refractivity (Wildman–Crippen MR) is 80.9 cm³/mol. The Hall–Kier alpha value is -1.13. The smallest absolute Gasteiger partial charge is 0.126 e. The Morgan fingerprint density at radius 1 is 1.40 bits per heavy atom. The molecule has 20 heavy (non-hydrogen) atoms. The summed E-state index contributed by atoms with van der Waals surface area (Å²) in [5, 5.41) is 3.48. The summed E-state index contributed by atoms with van der Waals surface area (Å²) in [6.07, 6.45) is 4.41. The fourth-order valence-corrected chi connectivity index (χ4v) is 3.22. The maximum absolute atomic E-state index is 5.46. The molecule has 4 nitrogen and oxygen atoms in total. The van der Waals surface area contributed by atoms with Crippen molar-refractivity contribution in [3.8, 4) is 0 Å². The first-order chi connectivity index (χ1) is 9.79. The monoisotopic (exact) mass is 275 g/mol. The third-order valence-electron chi connectivity index (χ3n) is 4.40. The van der Waals surface area contributed by atoms with Gasteiger partial charge in [-0.3, -0.25) is 0 Å². The highest BCUT2D eigenvalue weighted by molar-refractivity contribution is 5.36. The second-order valence-corrected chi connectivity index (χ2v) is 6.24. The molecule has 2 saturated heterocycles. The summed E-state index contributed by atoms with van der Waals surface area (Å²) < 4.78 is 5.46. The van der Waals surface area contributed by atoms with E-state index in [-0.39, 0.29) is 0 Å². The standard InChI is InChI=1S/C16H25N3O/c1-13-2-5-17-16(8-13)18-9-14-3-6-19(10-14)11-15-4-7-20-12-15/h2,5,8,14-15H,3-4,6-7,9-12H2,1H3,(H,17,18)/t14-,15+/m1/s1. The number of ether oxygens (including phenoxy) is 1. The Kier molecular flexibility index (Phi) is 4.53. The highest BCUT2D eigenvalue weighted by Gasteiger charge is 2.26. The lowest BCUT2D eigenvalue weighted by Crippen LogP contribution is -2.28. The normalized spacial score (nSPS) is 27.1. The van der Waals surface area contributed by atoms with Gasteiger partial charge in [0.05, 0.1) is 6.61 Å². The van der Waals surface area contributed by atoms with Gasteiger partial charge in [-0.25, -0.2) is 4.98 Å². The molecular formula is C16H25N3O. The number of nitrogens with zero attached hydrogens (tertiary/aromatic N) is 2. The molecule has 0 aliphatic carbocycles.